The molecular weight excluding hydrogens is 230 g/mol. The van der Waals surface area contributed by atoms with Gasteiger partial charge in [0.1, 0.15) is 0 Å². The molecule has 100 valence electrons. The smallest absolute Gasteiger partial charge is 0.374 e. The molecule has 0 aromatic carbocycles. The number of primary amides is 1. The molecule has 1 heterocycles. The summed E-state index contributed by atoms with van der Waals surface area (Å²) < 4.78 is 4.80. The standard InChI is InChI=1S/C13H21N3O2/c1-12(2,3)8-7-9(13(4,5)6)16-11(15-8)18-10(14)17/h7H,1-6H3,(H2,14,17). The van der Waals surface area contributed by atoms with Crippen molar-refractivity contribution in [1.29, 1.82) is 0 Å². The van der Waals surface area contributed by atoms with Gasteiger partial charge in [-0.05, 0) is 6.07 Å². The summed E-state index contributed by atoms with van der Waals surface area (Å²) in [4.78, 5) is 19.3. The fourth-order valence-corrected chi connectivity index (χ4v) is 1.33. The molecule has 0 aliphatic rings. The highest BCUT2D eigenvalue weighted by Crippen LogP contribution is 2.27. The number of nitrogens with two attached hydrogens (primary N) is 1. The summed E-state index contributed by atoms with van der Waals surface area (Å²) in [6.45, 7) is 12.2. The van der Waals surface area contributed by atoms with Gasteiger partial charge in [-0.2, -0.15) is 9.97 Å². The molecule has 0 saturated heterocycles. The Kier molecular flexibility index (Phi) is 3.64. The van der Waals surface area contributed by atoms with E-state index in [2.05, 4.69) is 9.97 Å². The Hall–Kier alpha value is -1.65. The van der Waals surface area contributed by atoms with Gasteiger partial charge >= 0.3 is 12.1 Å². The first-order valence-electron chi connectivity index (χ1n) is 5.87. The van der Waals surface area contributed by atoms with E-state index in [-0.39, 0.29) is 16.8 Å². The summed E-state index contributed by atoms with van der Waals surface area (Å²) in [7, 11) is 0. The van der Waals surface area contributed by atoms with E-state index in [1.165, 1.54) is 0 Å². The van der Waals surface area contributed by atoms with Crippen LogP contribution in [-0.4, -0.2) is 16.1 Å². The van der Waals surface area contributed by atoms with Gasteiger partial charge in [0.05, 0.1) is 11.4 Å². The van der Waals surface area contributed by atoms with Crippen molar-refractivity contribution in [2.75, 3.05) is 0 Å². The van der Waals surface area contributed by atoms with Crippen LogP contribution in [0, 0.1) is 0 Å². The normalized spacial score (nSPS) is 12.3. The number of carbonyl (C=O) groups is 1. The average molecular weight is 251 g/mol. The van der Waals surface area contributed by atoms with Crippen LogP contribution >= 0.6 is 0 Å². The molecule has 0 radical (unpaired) electrons. The maximum atomic E-state index is 10.8. The highest BCUT2D eigenvalue weighted by Gasteiger charge is 2.24. The van der Waals surface area contributed by atoms with Crippen molar-refractivity contribution in [2.24, 2.45) is 5.73 Å². The van der Waals surface area contributed by atoms with Crippen molar-refractivity contribution >= 4 is 6.09 Å². The predicted octanol–water partition coefficient (Wildman–Crippen LogP) is 2.53. The molecule has 5 heteroatoms. The molecule has 2 N–H and O–H groups in total. The van der Waals surface area contributed by atoms with Crippen molar-refractivity contribution in [3.63, 3.8) is 0 Å². The van der Waals surface area contributed by atoms with Crippen LogP contribution < -0.4 is 10.5 Å². The second-order valence-corrected chi connectivity index (χ2v) is 6.34. The van der Waals surface area contributed by atoms with Crippen LogP contribution in [0.1, 0.15) is 52.9 Å². The van der Waals surface area contributed by atoms with Crippen LogP contribution in [0.2, 0.25) is 0 Å². The number of aromatic nitrogens is 2. The zero-order valence-electron chi connectivity index (χ0n) is 11.9. The third-order valence-corrected chi connectivity index (χ3v) is 2.43. The van der Waals surface area contributed by atoms with E-state index >= 15 is 0 Å². The Balaban J connectivity index is 3.34. The molecule has 0 spiro atoms. The molecule has 0 aliphatic carbocycles. The fraction of sp³-hybridized carbons (Fsp3) is 0.615. The lowest BCUT2D eigenvalue weighted by Crippen LogP contribution is -2.23. The van der Waals surface area contributed by atoms with E-state index in [0.29, 0.717) is 0 Å². The predicted molar refractivity (Wildman–Crippen MR) is 69.6 cm³/mol. The minimum absolute atomic E-state index is 0.0138. The van der Waals surface area contributed by atoms with Crippen LogP contribution in [0.25, 0.3) is 0 Å². The molecule has 0 saturated carbocycles. The molecule has 0 unspecified atom stereocenters. The van der Waals surface area contributed by atoms with Crippen LogP contribution in [0.15, 0.2) is 6.07 Å². The molecular formula is C13H21N3O2. The van der Waals surface area contributed by atoms with Gasteiger partial charge in [-0.25, -0.2) is 4.79 Å². The van der Waals surface area contributed by atoms with Gasteiger partial charge in [0.2, 0.25) is 0 Å². The van der Waals surface area contributed by atoms with Crippen LogP contribution in [0.5, 0.6) is 6.01 Å². The van der Waals surface area contributed by atoms with Crippen molar-refractivity contribution in [1.82, 2.24) is 9.97 Å². The Morgan fingerprint density at radius 2 is 1.44 bits per heavy atom. The third-order valence-electron chi connectivity index (χ3n) is 2.43. The van der Waals surface area contributed by atoms with Crippen molar-refractivity contribution in [3.05, 3.63) is 17.5 Å². The third kappa shape index (κ3) is 3.68. The van der Waals surface area contributed by atoms with Gasteiger partial charge in [0.25, 0.3) is 0 Å². The van der Waals surface area contributed by atoms with E-state index < -0.39 is 6.09 Å². The Morgan fingerprint density at radius 3 is 1.72 bits per heavy atom. The summed E-state index contributed by atoms with van der Waals surface area (Å²) in [6.07, 6.45) is -0.902. The SMILES string of the molecule is CC(C)(C)c1cc(C(C)(C)C)nc(OC(N)=O)n1. The monoisotopic (exact) mass is 251 g/mol. The van der Waals surface area contributed by atoms with Crippen molar-refractivity contribution in [2.45, 2.75) is 52.4 Å². The van der Waals surface area contributed by atoms with E-state index in [4.69, 9.17) is 10.5 Å². The Bertz CT molecular complexity index is 424. The molecule has 5 nitrogen and oxygen atoms in total. The van der Waals surface area contributed by atoms with Crippen LogP contribution in [0.4, 0.5) is 4.79 Å². The van der Waals surface area contributed by atoms with E-state index in [0.717, 1.165) is 11.4 Å². The quantitative estimate of drug-likeness (QED) is 0.831. The second kappa shape index (κ2) is 4.55. The largest absolute Gasteiger partial charge is 0.412 e. The number of carbonyl (C=O) groups excluding carboxylic acids is 1. The zero-order valence-corrected chi connectivity index (χ0v) is 11.9. The molecule has 0 fully saturated rings. The number of hydrogen-bond acceptors (Lipinski definition) is 4. The average Bonchev–Trinajstić information content (AvgIpc) is 2.13. The first kappa shape index (κ1) is 14.4. The molecule has 18 heavy (non-hydrogen) atoms. The molecule has 1 rings (SSSR count). The molecule has 0 aliphatic heterocycles. The van der Waals surface area contributed by atoms with E-state index in [1.807, 2.05) is 47.6 Å². The van der Waals surface area contributed by atoms with Gasteiger partial charge < -0.3 is 10.5 Å². The number of hydrogen-bond donors (Lipinski definition) is 1. The highest BCUT2D eigenvalue weighted by molar-refractivity contribution is 5.67. The Morgan fingerprint density at radius 1 is 1.06 bits per heavy atom. The molecule has 1 amide bonds. The lowest BCUT2D eigenvalue weighted by atomic mass is 9.87. The summed E-state index contributed by atoms with van der Waals surface area (Å²) in [6, 6.07) is 1.95. The van der Waals surface area contributed by atoms with Crippen molar-refractivity contribution in [3.8, 4) is 6.01 Å². The van der Waals surface area contributed by atoms with Crippen LogP contribution in [-0.2, 0) is 10.8 Å². The summed E-state index contributed by atoms with van der Waals surface area (Å²) in [5.74, 6) is 0. The first-order valence-corrected chi connectivity index (χ1v) is 5.87. The molecule has 1 aromatic rings. The molecule has 0 atom stereocenters. The zero-order chi connectivity index (χ0) is 14.1. The highest BCUT2D eigenvalue weighted by atomic mass is 16.6. The Labute approximate surface area is 108 Å². The minimum atomic E-state index is -0.902. The van der Waals surface area contributed by atoms with Gasteiger partial charge in [0, 0.05) is 10.8 Å². The second-order valence-electron chi connectivity index (χ2n) is 6.34. The summed E-state index contributed by atoms with van der Waals surface area (Å²) >= 11 is 0. The van der Waals surface area contributed by atoms with E-state index in [1.54, 1.807) is 0 Å². The van der Waals surface area contributed by atoms with E-state index in [9.17, 15) is 4.79 Å². The van der Waals surface area contributed by atoms with Crippen molar-refractivity contribution < 1.29 is 9.53 Å². The van der Waals surface area contributed by atoms with Gasteiger partial charge in [-0.15, -0.1) is 0 Å². The lowest BCUT2D eigenvalue weighted by molar-refractivity contribution is 0.206. The van der Waals surface area contributed by atoms with Crippen LogP contribution in [0.3, 0.4) is 0 Å². The maximum Gasteiger partial charge on any atom is 0.412 e. The van der Waals surface area contributed by atoms with Gasteiger partial charge in [0.15, 0.2) is 0 Å². The lowest BCUT2D eigenvalue weighted by Gasteiger charge is -2.23. The topological polar surface area (TPSA) is 78.1 Å². The van der Waals surface area contributed by atoms with Gasteiger partial charge in [-0.3, -0.25) is 0 Å². The molecule has 1 aromatic heterocycles. The summed E-state index contributed by atoms with van der Waals surface area (Å²) in [5.41, 5.74) is 6.33. The molecule has 0 bridgehead atoms. The number of ether oxygens (including phenoxy) is 1. The number of nitrogens with zero attached hydrogens (tertiary/aromatic N) is 2. The first-order chi connectivity index (χ1) is 8.00. The van der Waals surface area contributed by atoms with Gasteiger partial charge in [-0.1, -0.05) is 41.5 Å². The fourth-order valence-electron chi connectivity index (χ4n) is 1.33. The number of rotatable bonds is 1. The summed E-state index contributed by atoms with van der Waals surface area (Å²) in [5, 5.41) is 0. The number of amides is 1. The minimum Gasteiger partial charge on any atom is -0.374 e. The maximum absolute atomic E-state index is 10.8.